The number of aryl methyl sites for hydroxylation is 1. The fourth-order valence-electron chi connectivity index (χ4n) is 2.46. The highest BCUT2D eigenvalue weighted by atomic mass is 16.5. The van der Waals surface area contributed by atoms with Crippen LogP contribution in [0.5, 0.6) is 11.5 Å². The fourth-order valence-corrected chi connectivity index (χ4v) is 2.46. The van der Waals surface area contributed by atoms with E-state index in [0.29, 0.717) is 22.8 Å². The maximum atomic E-state index is 12.1. The Hall–Kier alpha value is -3.01. The second-order valence-electron chi connectivity index (χ2n) is 5.48. The first-order valence-electron chi connectivity index (χ1n) is 7.55. The molecular weight excluding hydrogens is 304 g/mol. The van der Waals surface area contributed by atoms with E-state index in [9.17, 15) is 4.79 Å². The minimum atomic E-state index is -0.361. The molecule has 0 radical (unpaired) electrons. The Labute approximate surface area is 141 Å². The van der Waals surface area contributed by atoms with Crippen LogP contribution < -0.4 is 9.47 Å². The average molecular weight is 322 g/mol. The molecule has 0 atom stereocenters. The molecule has 122 valence electrons. The summed E-state index contributed by atoms with van der Waals surface area (Å²) in [4.78, 5) is 12.1. The van der Waals surface area contributed by atoms with Gasteiger partial charge in [-0.05, 0) is 42.8 Å². The van der Waals surface area contributed by atoms with E-state index < -0.39 is 0 Å². The highest BCUT2D eigenvalue weighted by molar-refractivity contribution is 6.05. The number of cyclic esters (lactones) is 1. The third-order valence-corrected chi connectivity index (χ3v) is 3.79. The Kier molecular flexibility index (Phi) is 4.38. The highest BCUT2D eigenvalue weighted by Crippen LogP contribution is 2.33. The van der Waals surface area contributed by atoms with Crippen molar-refractivity contribution in [1.82, 2.24) is 0 Å². The standard InChI is InChI=1S/C20H18O4/c1-13-4-6-14(7-5-13)10-16-12-18(24-20(16)21)15-8-9-17(22-2)19(11-15)23-3/h4-12H,1-3H3/b16-10+. The van der Waals surface area contributed by atoms with Crippen molar-refractivity contribution in [2.75, 3.05) is 14.2 Å². The van der Waals surface area contributed by atoms with E-state index in [-0.39, 0.29) is 5.97 Å². The number of carbonyl (C=O) groups is 1. The van der Waals surface area contributed by atoms with Crippen LogP contribution in [0.25, 0.3) is 11.8 Å². The van der Waals surface area contributed by atoms with Gasteiger partial charge in [-0.15, -0.1) is 0 Å². The number of hydrogen-bond acceptors (Lipinski definition) is 4. The smallest absolute Gasteiger partial charge is 0.343 e. The van der Waals surface area contributed by atoms with E-state index in [1.807, 2.05) is 43.3 Å². The molecule has 0 aromatic heterocycles. The van der Waals surface area contributed by atoms with Crippen LogP contribution in [0.15, 0.2) is 54.1 Å². The zero-order valence-electron chi connectivity index (χ0n) is 13.8. The average Bonchev–Trinajstić information content (AvgIpc) is 2.97. The molecule has 2 aromatic carbocycles. The van der Waals surface area contributed by atoms with Crippen LogP contribution in [-0.2, 0) is 9.53 Å². The molecule has 0 aliphatic carbocycles. The third-order valence-electron chi connectivity index (χ3n) is 3.79. The largest absolute Gasteiger partial charge is 0.493 e. The van der Waals surface area contributed by atoms with Gasteiger partial charge in [-0.2, -0.15) is 0 Å². The minimum absolute atomic E-state index is 0.361. The van der Waals surface area contributed by atoms with Gasteiger partial charge in [-0.1, -0.05) is 29.8 Å². The van der Waals surface area contributed by atoms with Crippen molar-refractivity contribution in [1.29, 1.82) is 0 Å². The number of rotatable bonds is 4. The predicted molar refractivity (Wildman–Crippen MR) is 92.8 cm³/mol. The molecule has 0 fully saturated rings. The van der Waals surface area contributed by atoms with Gasteiger partial charge in [0.1, 0.15) is 5.76 Å². The van der Waals surface area contributed by atoms with Crippen molar-refractivity contribution in [2.45, 2.75) is 6.92 Å². The van der Waals surface area contributed by atoms with Gasteiger partial charge in [-0.3, -0.25) is 0 Å². The van der Waals surface area contributed by atoms with Gasteiger partial charge in [0.05, 0.1) is 19.8 Å². The lowest BCUT2D eigenvalue weighted by molar-refractivity contribution is -0.130. The van der Waals surface area contributed by atoms with Crippen molar-refractivity contribution < 1.29 is 19.0 Å². The summed E-state index contributed by atoms with van der Waals surface area (Å²) in [6.07, 6.45) is 3.55. The monoisotopic (exact) mass is 322 g/mol. The van der Waals surface area contributed by atoms with Gasteiger partial charge < -0.3 is 14.2 Å². The van der Waals surface area contributed by atoms with Crippen LogP contribution >= 0.6 is 0 Å². The zero-order chi connectivity index (χ0) is 17.1. The van der Waals surface area contributed by atoms with Crippen molar-refractivity contribution in [2.24, 2.45) is 0 Å². The Balaban J connectivity index is 1.93. The lowest BCUT2D eigenvalue weighted by Crippen LogP contribution is -1.98. The molecule has 0 saturated heterocycles. The molecule has 0 bridgehead atoms. The van der Waals surface area contributed by atoms with E-state index >= 15 is 0 Å². The minimum Gasteiger partial charge on any atom is -0.493 e. The van der Waals surface area contributed by atoms with Crippen molar-refractivity contribution in [3.8, 4) is 11.5 Å². The number of ether oxygens (including phenoxy) is 3. The number of carbonyl (C=O) groups excluding carboxylic acids is 1. The molecule has 0 spiro atoms. The van der Waals surface area contributed by atoms with E-state index in [0.717, 1.165) is 11.1 Å². The van der Waals surface area contributed by atoms with Gasteiger partial charge in [0.15, 0.2) is 11.5 Å². The first-order valence-corrected chi connectivity index (χ1v) is 7.55. The summed E-state index contributed by atoms with van der Waals surface area (Å²) in [6.45, 7) is 2.02. The molecular formula is C20H18O4. The fraction of sp³-hybridized carbons (Fsp3) is 0.150. The number of esters is 1. The van der Waals surface area contributed by atoms with Crippen molar-refractivity contribution in [3.05, 3.63) is 70.8 Å². The Bertz CT molecular complexity index is 829. The second kappa shape index (κ2) is 6.62. The maximum absolute atomic E-state index is 12.1. The Morgan fingerprint density at radius 3 is 2.33 bits per heavy atom. The molecule has 4 nitrogen and oxygen atoms in total. The van der Waals surface area contributed by atoms with E-state index in [1.165, 1.54) is 5.56 Å². The van der Waals surface area contributed by atoms with Crippen LogP contribution in [0, 0.1) is 6.92 Å². The third kappa shape index (κ3) is 3.18. The first kappa shape index (κ1) is 15.9. The quantitative estimate of drug-likeness (QED) is 0.630. The van der Waals surface area contributed by atoms with E-state index in [2.05, 4.69) is 0 Å². The van der Waals surface area contributed by atoms with Gasteiger partial charge in [-0.25, -0.2) is 4.79 Å². The van der Waals surface area contributed by atoms with Crippen LogP contribution in [0.3, 0.4) is 0 Å². The SMILES string of the molecule is COc1ccc(C2=C/C(=C\c3ccc(C)cc3)C(=O)O2)cc1OC. The molecule has 1 aliphatic heterocycles. The number of benzene rings is 2. The van der Waals surface area contributed by atoms with Gasteiger partial charge >= 0.3 is 5.97 Å². The summed E-state index contributed by atoms with van der Waals surface area (Å²) in [5.74, 6) is 1.35. The van der Waals surface area contributed by atoms with Gasteiger partial charge in [0, 0.05) is 5.56 Å². The lowest BCUT2D eigenvalue weighted by Gasteiger charge is -2.09. The first-order chi connectivity index (χ1) is 11.6. The Morgan fingerprint density at radius 2 is 1.67 bits per heavy atom. The molecule has 1 aliphatic rings. The van der Waals surface area contributed by atoms with E-state index in [4.69, 9.17) is 14.2 Å². The number of methoxy groups -OCH3 is 2. The molecule has 0 N–H and O–H groups in total. The van der Waals surface area contributed by atoms with Crippen LogP contribution in [0.4, 0.5) is 0 Å². The van der Waals surface area contributed by atoms with Gasteiger partial charge in [0.25, 0.3) is 0 Å². The van der Waals surface area contributed by atoms with E-state index in [1.54, 1.807) is 32.4 Å². The molecule has 0 unspecified atom stereocenters. The number of hydrogen-bond donors (Lipinski definition) is 0. The molecule has 24 heavy (non-hydrogen) atoms. The summed E-state index contributed by atoms with van der Waals surface area (Å²) in [5, 5.41) is 0. The summed E-state index contributed by atoms with van der Waals surface area (Å²) in [5.41, 5.74) is 3.40. The molecule has 4 heteroatoms. The van der Waals surface area contributed by atoms with Crippen LogP contribution in [0.1, 0.15) is 16.7 Å². The summed E-state index contributed by atoms with van der Waals surface area (Å²) in [7, 11) is 3.15. The Morgan fingerprint density at radius 1 is 0.958 bits per heavy atom. The molecule has 2 aromatic rings. The molecule has 0 amide bonds. The predicted octanol–water partition coefficient (Wildman–Crippen LogP) is 3.99. The van der Waals surface area contributed by atoms with Gasteiger partial charge in [0.2, 0.25) is 0 Å². The second-order valence-corrected chi connectivity index (χ2v) is 5.48. The normalized spacial score (nSPS) is 15.2. The molecule has 1 heterocycles. The summed E-state index contributed by atoms with van der Waals surface area (Å²) < 4.78 is 15.9. The lowest BCUT2D eigenvalue weighted by atomic mass is 10.1. The highest BCUT2D eigenvalue weighted by Gasteiger charge is 2.22. The van der Waals surface area contributed by atoms with Crippen LogP contribution in [-0.4, -0.2) is 20.2 Å². The van der Waals surface area contributed by atoms with Crippen LogP contribution in [0.2, 0.25) is 0 Å². The topological polar surface area (TPSA) is 44.8 Å². The maximum Gasteiger partial charge on any atom is 0.343 e. The van der Waals surface area contributed by atoms with Crippen molar-refractivity contribution in [3.63, 3.8) is 0 Å². The van der Waals surface area contributed by atoms with Crippen molar-refractivity contribution >= 4 is 17.8 Å². The molecule has 3 rings (SSSR count). The molecule has 0 saturated carbocycles. The summed E-state index contributed by atoms with van der Waals surface area (Å²) in [6, 6.07) is 13.3. The summed E-state index contributed by atoms with van der Waals surface area (Å²) >= 11 is 0. The zero-order valence-corrected chi connectivity index (χ0v) is 13.8.